The number of aromatic nitrogens is 4. The number of imidazole rings is 1. The van der Waals surface area contributed by atoms with Crippen molar-refractivity contribution >= 4 is 28.6 Å². The normalized spacial score (nSPS) is 10.7. The van der Waals surface area contributed by atoms with Crippen molar-refractivity contribution in [1.82, 2.24) is 14.5 Å². The van der Waals surface area contributed by atoms with Crippen LogP contribution < -0.4 is 10.0 Å². The minimum Gasteiger partial charge on any atom is -0.710 e. The van der Waals surface area contributed by atoms with E-state index in [9.17, 15) is 10.0 Å². The number of fused-ring (bicyclic) bond motifs is 1. The van der Waals surface area contributed by atoms with E-state index in [-0.39, 0.29) is 17.0 Å². The maximum absolute atomic E-state index is 12.2. The fourth-order valence-corrected chi connectivity index (χ4v) is 2.12. The summed E-state index contributed by atoms with van der Waals surface area (Å²) in [6.07, 6.45) is 1.28. The van der Waals surface area contributed by atoms with Crippen molar-refractivity contribution in [3.8, 4) is 0 Å². The molecule has 0 amide bonds. The standard InChI is InChI=1S/C13H11N5O3/c1-17-11-9(18(21)12(17)13(19)20)10(14-7-15-11)16-8-5-3-2-4-6-8/h2-7H,1H3,(H,19,20)(H,14,15,16). The number of anilines is 2. The summed E-state index contributed by atoms with van der Waals surface area (Å²) < 4.78 is 1.55. The van der Waals surface area contributed by atoms with Gasteiger partial charge in [-0.2, -0.15) is 4.98 Å². The van der Waals surface area contributed by atoms with Gasteiger partial charge in [-0.3, -0.25) is 0 Å². The number of para-hydroxylation sites is 1. The van der Waals surface area contributed by atoms with Gasteiger partial charge in [0, 0.05) is 5.69 Å². The number of aromatic carboxylic acids is 1. The molecular formula is C13H11N5O3. The Bertz CT molecular complexity index is 829. The molecule has 2 N–H and O–H groups in total. The van der Waals surface area contributed by atoms with Crippen LogP contribution in [0.5, 0.6) is 0 Å². The summed E-state index contributed by atoms with van der Waals surface area (Å²) in [5.41, 5.74) is 1.07. The molecular weight excluding hydrogens is 274 g/mol. The lowest BCUT2D eigenvalue weighted by molar-refractivity contribution is -0.580. The van der Waals surface area contributed by atoms with Crippen LogP contribution in [0, 0.1) is 5.21 Å². The maximum atomic E-state index is 12.2. The van der Waals surface area contributed by atoms with Crippen molar-refractivity contribution in [1.29, 1.82) is 0 Å². The highest BCUT2D eigenvalue weighted by Gasteiger charge is 2.28. The van der Waals surface area contributed by atoms with E-state index in [1.54, 1.807) is 0 Å². The maximum Gasteiger partial charge on any atom is 0.420 e. The lowest BCUT2D eigenvalue weighted by Gasteiger charge is -2.06. The average molecular weight is 285 g/mol. The van der Waals surface area contributed by atoms with Crippen LogP contribution in [0.4, 0.5) is 11.5 Å². The van der Waals surface area contributed by atoms with Gasteiger partial charge in [-0.15, -0.1) is 0 Å². The number of aryl methyl sites for hydroxylation is 1. The van der Waals surface area contributed by atoms with Crippen LogP contribution in [-0.2, 0) is 7.05 Å². The van der Waals surface area contributed by atoms with Gasteiger partial charge in [-0.05, 0) is 12.1 Å². The Hall–Kier alpha value is -3.16. The van der Waals surface area contributed by atoms with Crippen LogP contribution >= 0.6 is 0 Å². The first kappa shape index (κ1) is 12.9. The molecule has 0 aliphatic rings. The summed E-state index contributed by atoms with van der Waals surface area (Å²) in [5, 5.41) is 24.3. The topological polar surface area (TPSA) is 107 Å². The number of benzene rings is 1. The number of carboxylic acid groups (broad SMARTS) is 1. The fraction of sp³-hybridized carbons (Fsp3) is 0.0769. The molecule has 2 aromatic heterocycles. The van der Waals surface area contributed by atoms with E-state index in [0.717, 1.165) is 5.69 Å². The molecule has 0 bridgehead atoms. The van der Waals surface area contributed by atoms with Crippen molar-refractivity contribution in [3.63, 3.8) is 0 Å². The summed E-state index contributed by atoms with van der Waals surface area (Å²) in [5.74, 6) is -1.48. The van der Waals surface area contributed by atoms with E-state index in [4.69, 9.17) is 5.11 Å². The molecule has 8 nitrogen and oxygen atoms in total. The van der Waals surface area contributed by atoms with Gasteiger partial charge in [0.2, 0.25) is 5.52 Å². The molecule has 0 atom stereocenters. The third-order valence-electron chi connectivity index (χ3n) is 3.06. The quantitative estimate of drug-likeness (QED) is 0.550. The van der Waals surface area contributed by atoms with Gasteiger partial charge >= 0.3 is 11.8 Å². The molecule has 2 heterocycles. The Morgan fingerprint density at radius 3 is 2.71 bits per heavy atom. The molecule has 0 fully saturated rings. The fourth-order valence-electron chi connectivity index (χ4n) is 2.12. The molecule has 21 heavy (non-hydrogen) atoms. The van der Waals surface area contributed by atoms with E-state index in [1.807, 2.05) is 30.3 Å². The SMILES string of the molecule is Cn1c(C(=O)O)[n+]([O-])c2c(Nc3ccccc3)ncnc21. The van der Waals surface area contributed by atoms with E-state index >= 15 is 0 Å². The number of nitrogens with zero attached hydrogens (tertiary/aromatic N) is 4. The molecule has 0 saturated carbocycles. The second kappa shape index (κ2) is 4.75. The predicted octanol–water partition coefficient (Wildman–Crippen LogP) is 1.04. The van der Waals surface area contributed by atoms with Crippen LogP contribution in [0.3, 0.4) is 0 Å². The summed E-state index contributed by atoms with van der Waals surface area (Å²) in [7, 11) is 1.47. The molecule has 0 spiro atoms. The highest BCUT2D eigenvalue weighted by molar-refractivity contribution is 5.89. The van der Waals surface area contributed by atoms with E-state index in [2.05, 4.69) is 15.3 Å². The first-order valence-corrected chi connectivity index (χ1v) is 6.08. The highest BCUT2D eigenvalue weighted by atomic mass is 16.5. The molecule has 0 radical (unpaired) electrons. The number of hydrogen-bond donors (Lipinski definition) is 2. The van der Waals surface area contributed by atoms with Gasteiger partial charge in [0.15, 0.2) is 5.82 Å². The van der Waals surface area contributed by atoms with Crippen LogP contribution in [-0.4, -0.2) is 25.6 Å². The molecule has 0 unspecified atom stereocenters. The zero-order valence-corrected chi connectivity index (χ0v) is 11.0. The lowest BCUT2D eigenvalue weighted by atomic mass is 10.3. The summed E-state index contributed by atoms with van der Waals surface area (Å²) >= 11 is 0. The first-order valence-electron chi connectivity index (χ1n) is 6.08. The molecule has 0 saturated heterocycles. The van der Waals surface area contributed by atoms with E-state index in [0.29, 0.717) is 4.73 Å². The monoisotopic (exact) mass is 285 g/mol. The van der Waals surface area contributed by atoms with Crippen molar-refractivity contribution in [2.45, 2.75) is 0 Å². The Morgan fingerprint density at radius 2 is 2.05 bits per heavy atom. The lowest BCUT2D eigenvalue weighted by Crippen LogP contribution is -2.34. The second-order valence-corrected chi connectivity index (χ2v) is 4.37. The molecule has 0 aliphatic heterocycles. The van der Waals surface area contributed by atoms with Crippen molar-refractivity contribution in [3.05, 3.63) is 47.7 Å². The predicted molar refractivity (Wildman–Crippen MR) is 74.2 cm³/mol. The number of hydrogen-bond acceptors (Lipinski definition) is 5. The van der Waals surface area contributed by atoms with Gasteiger partial charge in [0.05, 0.1) is 7.05 Å². The molecule has 106 valence electrons. The van der Waals surface area contributed by atoms with Gasteiger partial charge in [-0.25, -0.2) is 19.1 Å². The minimum atomic E-state index is -1.32. The largest absolute Gasteiger partial charge is 0.710 e. The van der Waals surface area contributed by atoms with E-state index in [1.165, 1.54) is 17.9 Å². The number of rotatable bonds is 3. The molecule has 8 heteroatoms. The van der Waals surface area contributed by atoms with Crippen LogP contribution in [0.2, 0.25) is 0 Å². The second-order valence-electron chi connectivity index (χ2n) is 4.37. The Kier molecular flexibility index (Phi) is 2.90. The van der Waals surface area contributed by atoms with Gasteiger partial charge < -0.3 is 15.6 Å². The molecule has 3 rings (SSSR count). The Labute approximate surface area is 118 Å². The number of carbonyl (C=O) groups is 1. The van der Waals surface area contributed by atoms with Gasteiger partial charge in [0.25, 0.3) is 5.65 Å². The third kappa shape index (κ3) is 2.02. The zero-order chi connectivity index (χ0) is 15.0. The number of carboxylic acids is 1. The minimum absolute atomic E-state index is 0.0845. The Morgan fingerprint density at radius 1 is 1.33 bits per heavy atom. The van der Waals surface area contributed by atoms with Crippen molar-refractivity contribution in [2.24, 2.45) is 7.05 Å². The molecule has 0 aliphatic carbocycles. The van der Waals surface area contributed by atoms with Gasteiger partial charge in [0.1, 0.15) is 6.33 Å². The summed E-state index contributed by atoms with van der Waals surface area (Å²) in [6, 6.07) is 9.15. The summed E-state index contributed by atoms with van der Waals surface area (Å²) in [4.78, 5) is 19.2. The first-order chi connectivity index (χ1) is 10.1. The van der Waals surface area contributed by atoms with Crippen LogP contribution in [0.15, 0.2) is 36.7 Å². The van der Waals surface area contributed by atoms with E-state index < -0.39 is 11.8 Å². The average Bonchev–Trinajstić information content (AvgIpc) is 2.73. The van der Waals surface area contributed by atoms with Gasteiger partial charge in [-0.1, -0.05) is 18.2 Å². The third-order valence-corrected chi connectivity index (χ3v) is 3.06. The zero-order valence-electron chi connectivity index (χ0n) is 11.0. The highest BCUT2D eigenvalue weighted by Crippen LogP contribution is 2.21. The van der Waals surface area contributed by atoms with Crippen LogP contribution in [0.25, 0.3) is 11.2 Å². The Balaban J connectivity index is 2.21. The van der Waals surface area contributed by atoms with Crippen LogP contribution in [0.1, 0.15) is 10.6 Å². The molecule has 3 aromatic rings. The summed E-state index contributed by atoms with van der Waals surface area (Å²) in [6.45, 7) is 0. The molecule has 1 aromatic carbocycles. The number of nitrogens with one attached hydrogen (secondary N) is 1. The van der Waals surface area contributed by atoms with Crippen molar-refractivity contribution in [2.75, 3.05) is 5.32 Å². The smallest absolute Gasteiger partial charge is 0.420 e. The van der Waals surface area contributed by atoms with Crippen molar-refractivity contribution < 1.29 is 14.6 Å².